The summed E-state index contributed by atoms with van der Waals surface area (Å²) in [5, 5.41) is 11.9. The SMILES string of the molecule is OC(c1ccc2cccnc2c1)c1ncc(Cl)s1. The summed E-state index contributed by atoms with van der Waals surface area (Å²) in [4.78, 5) is 8.36. The highest BCUT2D eigenvalue weighted by Gasteiger charge is 2.14. The summed E-state index contributed by atoms with van der Waals surface area (Å²) >= 11 is 7.10. The summed E-state index contributed by atoms with van der Waals surface area (Å²) in [7, 11) is 0. The Morgan fingerprint density at radius 2 is 2.11 bits per heavy atom. The lowest BCUT2D eigenvalue weighted by Gasteiger charge is -2.08. The molecule has 0 radical (unpaired) electrons. The van der Waals surface area contributed by atoms with Crippen molar-refractivity contribution in [1.82, 2.24) is 9.97 Å². The highest BCUT2D eigenvalue weighted by molar-refractivity contribution is 7.15. The smallest absolute Gasteiger partial charge is 0.131 e. The molecule has 0 saturated heterocycles. The number of aliphatic hydroxyl groups excluding tert-OH is 1. The van der Waals surface area contributed by atoms with E-state index in [-0.39, 0.29) is 0 Å². The standard InChI is InChI=1S/C13H9ClN2OS/c14-11-7-16-13(18-11)12(17)9-4-3-8-2-1-5-15-10(8)6-9/h1-7,12,17H. The van der Waals surface area contributed by atoms with Gasteiger partial charge in [-0.25, -0.2) is 4.98 Å². The fourth-order valence-corrected chi connectivity index (χ4v) is 2.73. The Bertz CT molecular complexity index is 698. The minimum atomic E-state index is -0.756. The van der Waals surface area contributed by atoms with Gasteiger partial charge in [-0.1, -0.05) is 29.8 Å². The van der Waals surface area contributed by atoms with E-state index in [1.807, 2.05) is 30.3 Å². The van der Waals surface area contributed by atoms with Gasteiger partial charge in [0.05, 0.1) is 11.7 Å². The van der Waals surface area contributed by atoms with Crippen molar-refractivity contribution < 1.29 is 5.11 Å². The van der Waals surface area contributed by atoms with Gasteiger partial charge in [0.15, 0.2) is 0 Å². The minimum Gasteiger partial charge on any atom is -0.381 e. The fraction of sp³-hybridized carbons (Fsp3) is 0.0769. The van der Waals surface area contributed by atoms with Crippen LogP contribution in [-0.2, 0) is 0 Å². The average molecular weight is 277 g/mol. The van der Waals surface area contributed by atoms with Gasteiger partial charge in [0.2, 0.25) is 0 Å². The van der Waals surface area contributed by atoms with Crippen LogP contribution in [0.3, 0.4) is 0 Å². The van der Waals surface area contributed by atoms with Gasteiger partial charge < -0.3 is 5.11 Å². The first-order valence-corrected chi connectivity index (χ1v) is 6.57. The zero-order valence-corrected chi connectivity index (χ0v) is 10.8. The summed E-state index contributed by atoms with van der Waals surface area (Å²) in [5.74, 6) is 0. The number of fused-ring (bicyclic) bond motifs is 1. The van der Waals surface area contributed by atoms with E-state index in [0.717, 1.165) is 16.5 Å². The van der Waals surface area contributed by atoms with Gasteiger partial charge in [-0.05, 0) is 17.7 Å². The minimum absolute atomic E-state index is 0.572. The Balaban J connectivity index is 2.03. The van der Waals surface area contributed by atoms with Crippen molar-refractivity contribution >= 4 is 33.8 Å². The summed E-state index contributed by atoms with van der Waals surface area (Å²) in [6.45, 7) is 0. The van der Waals surface area contributed by atoms with Gasteiger partial charge in [-0.2, -0.15) is 0 Å². The maximum absolute atomic E-state index is 10.2. The molecule has 0 aliphatic heterocycles. The number of halogens is 1. The lowest BCUT2D eigenvalue weighted by atomic mass is 10.1. The Hall–Kier alpha value is -1.49. The number of hydrogen-bond donors (Lipinski definition) is 1. The molecule has 0 amide bonds. The third kappa shape index (κ3) is 2.10. The Morgan fingerprint density at radius 1 is 1.22 bits per heavy atom. The van der Waals surface area contributed by atoms with Crippen molar-refractivity contribution in [1.29, 1.82) is 0 Å². The predicted molar refractivity (Wildman–Crippen MR) is 72.9 cm³/mol. The molecule has 1 N–H and O–H groups in total. The van der Waals surface area contributed by atoms with E-state index in [4.69, 9.17) is 11.6 Å². The Labute approximate surface area is 113 Å². The molecule has 3 rings (SSSR count). The van der Waals surface area contributed by atoms with Crippen LogP contribution in [0.2, 0.25) is 4.34 Å². The lowest BCUT2D eigenvalue weighted by molar-refractivity contribution is 0.220. The zero-order chi connectivity index (χ0) is 12.5. The summed E-state index contributed by atoms with van der Waals surface area (Å²) in [5.41, 5.74) is 1.63. The third-order valence-corrected chi connectivity index (χ3v) is 3.84. The molecule has 1 aromatic carbocycles. The number of nitrogens with zero attached hydrogens (tertiary/aromatic N) is 2. The highest BCUT2D eigenvalue weighted by atomic mass is 35.5. The molecule has 3 aromatic rings. The molecule has 2 aromatic heterocycles. The number of thiazole rings is 1. The monoisotopic (exact) mass is 276 g/mol. The molecule has 90 valence electrons. The molecule has 1 atom stereocenters. The molecular formula is C13H9ClN2OS. The molecule has 0 spiro atoms. The van der Waals surface area contributed by atoms with Crippen molar-refractivity contribution in [2.24, 2.45) is 0 Å². The van der Waals surface area contributed by atoms with Gasteiger partial charge in [0.25, 0.3) is 0 Å². The second kappa shape index (κ2) is 4.65. The molecule has 5 heteroatoms. The topological polar surface area (TPSA) is 46.0 Å². The lowest BCUT2D eigenvalue weighted by Crippen LogP contribution is -1.98. The van der Waals surface area contributed by atoms with Crippen molar-refractivity contribution in [3.63, 3.8) is 0 Å². The van der Waals surface area contributed by atoms with Crippen molar-refractivity contribution in [3.05, 3.63) is 57.6 Å². The van der Waals surface area contributed by atoms with E-state index >= 15 is 0 Å². The van der Waals surface area contributed by atoms with Crippen LogP contribution in [0.15, 0.2) is 42.7 Å². The van der Waals surface area contributed by atoms with E-state index < -0.39 is 6.10 Å². The Morgan fingerprint density at radius 3 is 2.89 bits per heavy atom. The summed E-state index contributed by atoms with van der Waals surface area (Å²) < 4.78 is 0.572. The van der Waals surface area contributed by atoms with Gasteiger partial charge in [0, 0.05) is 11.6 Å². The van der Waals surface area contributed by atoms with Crippen molar-refractivity contribution in [3.8, 4) is 0 Å². The zero-order valence-electron chi connectivity index (χ0n) is 9.25. The number of hydrogen-bond acceptors (Lipinski definition) is 4. The number of benzene rings is 1. The second-order valence-corrected chi connectivity index (χ2v) is 5.55. The Kier molecular flexibility index (Phi) is 2.99. The average Bonchev–Trinajstić information content (AvgIpc) is 2.84. The summed E-state index contributed by atoms with van der Waals surface area (Å²) in [6, 6.07) is 9.56. The molecule has 3 nitrogen and oxygen atoms in total. The van der Waals surface area contributed by atoms with Crippen LogP contribution in [-0.4, -0.2) is 15.1 Å². The number of aliphatic hydroxyl groups is 1. The van der Waals surface area contributed by atoms with E-state index in [9.17, 15) is 5.11 Å². The quantitative estimate of drug-likeness (QED) is 0.780. The molecule has 0 fully saturated rings. The first-order valence-electron chi connectivity index (χ1n) is 5.38. The van der Waals surface area contributed by atoms with Gasteiger partial charge in [-0.3, -0.25) is 4.98 Å². The largest absolute Gasteiger partial charge is 0.381 e. The van der Waals surface area contributed by atoms with Crippen LogP contribution in [0.4, 0.5) is 0 Å². The number of pyridine rings is 1. The molecule has 18 heavy (non-hydrogen) atoms. The van der Waals surface area contributed by atoms with Gasteiger partial charge in [-0.15, -0.1) is 11.3 Å². The maximum atomic E-state index is 10.2. The van der Waals surface area contributed by atoms with Crippen LogP contribution >= 0.6 is 22.9 Å². The van der Waals surface area contributed by atoms with Crippen LogP contribution < -0.4 is 0 Å². The second-order valence-electron chi connectivity index (χ2n) is 3.86. The molecule has 0 bridgehead atoms. The first kappa shape index (κ1) is 11.6. The van der Waals surface area contributed by atoms with E-state index in [1.54, 1.807) is 12.4 Å². The molecule has 0 aliphatic rings. The number of rotatable bonds is 2. The van der Waals surface area contributed by atoms with Crippen LogP contribution in [0.1, 0.15) is 16.7 Å². The molecule has 0 saturated carbocycles. The molecule has 0 aliphatic carbocycles. The van der Waals surface area contributed by atoms with Crippen LogP contribution in [0.5, 0.6) is 0 Å². The molecule has 2 heterocycles. The maximum Gasteiger partial charge on any atom is 0.131 e. The van der Waals surface area contributed by atoms with E-state index in [2.05, 4.69) is 9.97 Å². The first-order chi connectivity index (χ1) is 8.74. The molecular weight excluding hydrogens is 268 g/mol. The highest BCUT2D eigenvalue weighted by Crippen LogP contribution is 2.29. The predicted octanol–water partition coefficient (Wildman–Crippen LogP) is 3.43. The summed E-state index contributed by atoms with van der Waals surface area (Å²) in [6.07, 6.45) is 2.52. The van der Waals surface area contributed by atoms with Gasteiger partial charge in [0.1, 0.15) is 15.4 Å². The van der Waals surface area contributed by atoms with Crippen LogP contribution in [0.25, 0.3) is 10.9 Å². The van der Waals surface area contributed by atoms with E-state index in [1.165, 1.54) is 11.3 Å². The fourth-order valence-electron chi connectivity index (χ4n) is 1.79. The number of aromatic nitrogens is 2. The molecule has 1 unspecified atom stereocenters. The van der Waals surface area contributed by atoms with Crippen molar-refractivity contribution in [2.75, 3.05) is 0 Å². The van der Waals surface area contributed by atoms with Gasteiger partial charge >= 0.3 is 0 Å². The third-order valence-electron chi connectivity index (χ3n) is 2.67. The van der Waals surface area contributed by atoms with Crippen LogP contribution in [0, 0.1) is 0 Å². The normalized spacial score (nSPS) is 12.8. The van der Waals surface area contributed by atoms with Crippen molar-refractivity contribution in [2.45, 2.75) is 6.10 Å². The van der Waals surface area contributed by atoms with E-state index in [0.29, 0.717) is 9.34 Å².